The van der Waals surface area contributed by atoms with Gasteiger partial charge in [-0.1, -0.05) is 41.9 Å². The van der Waals surface area contributed by atoms with E-state index in [1.807, 2.05) is 30.3 Å². The molecule has 3 aromatic carbocycles. The molecule has 4 rings (SSSR count). The van der Waals surface area contributed by atoms with Gasteiger partial charge in [0.25, 0.3) is 0 Å². The Labute approximate surface area is 188 Å². The molecule has 0 spiro atoms. The van der Waals surface area contributed by atoms with E-state index in [4.69, 9.17) is 22.1 Å². The van der Waals surface area contributed by atoms with Crippen molar-refractivity contribution in [3.8, 4) is 17.0 Å². The number of ether oxygens (including phenoxy) is 1. The van der Waals surface area contributed by atoms with E-state index in [0.29, 0.717) is 33.1 Å². The SMILES string of the molecule is CCOc1nc2ccc(Cl)cc2c(-c2ccccc2)c1N(C(N)=O)c1ccc(F)cc1F. The smallest absolute Gasteiger partial charge is 0.324 e. The van der Waals surface area contributed by atoms with Crippen LogP contribution in [-0.4, -0.2) is 17.6 Å². The van der Waals surface area contributed by atoms with Gasteiger partial charge in [0.15, 0.2) is 0 Å². The van der Waals surface area contributed by atoms with Crippen molar-refractivity contribution in [1.29, 1.82) is 0 Å². The van der Waals surface area contributed by atoms with E-state index in [-0.39, 0.29) is 23.9 Å². The lowest BCUT2D eigenvalue weighted by Crippen LogP contribution is -2.33. The summed E-state index contributed by atoms with van der Waals surface area (Å²) in [5.41, 5.74) is 7.38. The van der Waals surface area contributed by atoms with E-state index in [2.05, 4.69) is 4.98 Å². The Balaban J connectivity index is 2.16. The fourth-order valence-corrected chi connectivity index (χ4v) is 3.73. The summed E-state index contributed by atoms with van der Waals surface area (Å²) < 4.78 is 34.2. The lowest BCUT2D eigenvalue weighted by molar-refractivity contribution is 0.255. The van der Waals surface area contributed by atoms with Crippen LogP contribution in [0.4, 0.5) is 25.0 Å². The van der Waals surface area contributed by atoms with E-state index in [9.17, 15) is 13.6 Å². The summed E-state index contributed by atoms with van der Waals surface area (Å²) in [4.78, 5) is 18.1. The number of nitrogens with zero attached hydrogens (tertiary/aromatic N) is 2. The second kappa shape index (κ2) is 8.80. The number of halogens is 3. The standard InChI is InChI=1S/C24H18ClF2N3O2/c1-2-32-23-22(30(24(28)31)20-11-9-16(26)13-18(20)27)21(14-6-4-3-5-7-14)17-12-15(25)8-10-19(17)29-23/h3-13H,2H2,1H3,(H2,28,31). The molecule has 0 saturated carbocycles. The predicted octanol–water partition coefficient (Wildman–Crippen LogP) is 6.45. The third kappa shape index (κ3) is 3.94. The minimum Gasteiger partial charge on any atom is -0.476 e. The van der Waals surface area contributed by atoms with Gasteiger partial charge in [-0.25, -0.2) is 18.6 Å². The van der Waals surface area contributed by atoms with Crippen LogP contribution in [0.5, 0.6) is 5.88 Å². The molecule has 0 aliphatic heterocycles. The number of rotatable bonds is 5. The summed E-state index contributed by atoms with van der Waals surface area (Å²) in [6.45, 7) is 1.98. The van der Waals surface area contributed by atoms with Crippen molar-refractivity contribution in [2.45, 2.75) is 6.92 Å². The molecule has 0 bridgehead atoms. The second-order valence-electron chi connectivity index (χ2n) is 6.87. The van der Waals surface area contributed by atoms with E-state index in [1.165, 1.54) is 0 Å². The van der Waals surface area contributed by atoms with Crippen LogP contribution >= 0.6 is 11.6 Å². The molecule has 0 fully saturated rings. The first-order chi connectivity index (χ1) is 15.4. The zero-order valence-corrected chi connectivity index (χ0v) is 17.7. The molecule has 4 aromatic rings. The van der Waals surface area contributed by atoms with Crippen LogP contribution in [0.2, 0.25) is 5.02 Å². The van der Waals surface area contributed by atoms with Crippen LogP contribution in [-0.2, 0) is 0 Å². The maximum absolute atomic E-state index is 14.8. The second-order valence-corrected chi connectivity index (χ2v) is 7.31. The van der Waals surface area contributed by atoms with Gasteiger partial charge in [0.2, 0.25) is 5.88 Å². The number of hydrogen-bond donors (Lipinski definition) is 1. The van der Waals surface area contributed by atoms with Crippen LogP contribution in [0, 0.1) is 11.6 Å². The van der Waals surface area contributed by atoms with Crippen molar-refractivity contribution >= 4 is 39.9 Å². The Hall–Kier alpha value is -3.71. The molecule has 0 atom stereocenters. The quantitative estimate of drug-likeness (QED) is 0.377. The Kier molecular flexibility index (Phi) is 5.92. The molecular weight excluding hydrogens is 436 g/mol. The Morgan fingerprint density at radius 2 is 1.84 bits per heavy atom. The number of fused-ring (bicyclic) bond motifs is 1. The number of carbonyl (C=O) groups is 1. The summed E-state index contributed by atoms with van der Waals surface area (Å²) >= 11 is 6.27. The largest absolute Gasteiger partial charge is 0.476 e. The first-order valence-corrected chi connectivity index (χ1v) is 10.1. The molecule has 0 aliphatic rings. The third-order valence-electron chi connectivity index (χ3n) is 4.83. The average molecular weight is 454 g/mol. The molecule has 2 amide bonds. The highest BCUT2D eigenvalue weighted by atomic mass is 35.5. The third-order valence-corrected chi connectivity index (χ3v) is 5.06. The van der Waals surface area contributed by atoms with Crippen molar-refractivity contribution in [2.75, 3.05) is 11.5 Å². The summed E-state index contributed by atoms with van der Waals surface area (Å²) in [5.74, 6) is -1.67. The first kappa shape index (κ1) is 21.5. The minimum absolute atomic E-state index is 0.0729. The molecule has 32 heavy (non-hydrogen) atoms. The predicted molar refractivity (Wildman–Crippen MR) is 121 cm³/mol. The first-order valence-electron chi connectivity index (χ1n) is 9.76. The van der Waals surface area contributed by atoms with E-state index >= 15 is 0 Å². The van der Waals surface area contributed by atoms with Crippen molar-refractivity contribution in [1.82, 2.24) is 4.98 Å². The van der Waals surface area contributed by atoms with Gasteiger partial charge in [0, 0.05) is 22.0 Å². The molecule has 0 saturated heterocycles. The molecule has 0 radical (unpaired) electrons. The maximum atomic E-state index is 14.8. The Morgan fingerprint density at radius 1 is 1.09 bits per heavy atom. The number of benzene rings is 3. The number of primary amides is 1. The van der Waals surface area contributed by atoms with Gasteiger partial charge in [-0.05, 0) is 42.8 Å². The van der Waals surface area contributed by atoms with Crippen molar-refractivity contribution in [2.24, 2.45) is 5.73 Å². The summed E-state index contributed by atoms with van der Waals surface area (Å²) in [6.07, 6.45) is 0. The molecule has 8 heteroatoms. The number of pyridine rings is 1. The molecule has 162 valence electrons. The zero-order valence-electron chi connectivity index (χ0n) is 17.0. The number of anilines is 2. The van der Waals surface area contributed by atoms with Gasteiger partial charge >= 0.3 is 6.03 Å². The summed E-state index contributed by atoms with van der Waals surface area (Å²) in [7, 11) is 0. The van der Waals surface area contributed by atoms with Crippen LogP contribution in [0.25, 0.3) is 22.0 Å². The lowest BCUT2D eigenvalue weighted by Gasteiger charge is -2.27. The molecule has 1 heterocycles. The van der Waals surface area contributed by atoms with Crippen LogP contribution in [0.15, 0.2) is 66.7 Å². The van der Waals surface area contributed by atoms with Crippen LogP contribution < -0.4 is 15.4 Å². The van der Waals surface area contributed by atoms with Crippen molar-refractivity contribution < 1.29 is 18.3 Å². The maximum Gasteiger partial charge on any atom is 0.324 e. The number of hydrogen-bond acceptors (Lipinski definition) is 3. The van der Waals surface area contributed by atoms with Crippen LogP contribution in [0.1, 0.15) is 6.92 Å². The summed E-state index contributed by atoms with van der Waals surface area (Å²) in [5, 5.41) is 1.06. The van der Waals surface area contributed by atoms with E-state index in [1.54, 1.807) is 25.1 Å². The minimum atomic E-state index is -0.989. The normalized spacial score (nSPS) is 10.9. The zero-order chi connectivity index (χ0) is 22.8. The average Bonchev–Trinajstić information content (AvgIpc) is 2.76. The monoisotopic (exact) mass is 453 g/mol. The van der Waals surface area contributed by atoms with Gasteiger partial charge in [0.05, 0.1) is 17.8 Å². The Bertz CT molecular complexity index is 1320. The van der Waals surface area contributed by atoms with Crippen molar-refractivity contribution in [3.63, 3.8) is 0 Å². The molecule has 0 unspecified atom stereocenters. The molecule has 1 aromatic heterocycles. The summed E-state index contributed by atoms with van der Waals surface area (Å²) in [6, 6.07) is 16.1. The fourth-order valence-electron chi connectivity index (χ4n) is 3.56. The molecule has 5 nitrogen and oxygen atoms in total. The number of aromatic nitrogens is 1. The Morgan fingerprint density at radius 3 is 2.50 bits per heavy atom. The molecule has 0 aliphatic carbocycles. The molecular formula is C24H18ClF2N3O2. The van der Waals surface area contributed by atoms with Gasteiger partial charge in [-0.3, -0.25) is 4.90 Å². The van der Waals surface area contributed by atoms with Gasteiger partial charge in [0.1, 0.15) is 17.3 Å². The number of nitrogens with two attached hydrogens (primary N) is 1. The van der Waals surface area contributed by atoms with E-state index < -0.39 is 17.7 Å². The molecule has 2 N–H and O–H groups in total. The number of amides is 2. The highest BCUT2D eigenvalue weighted by Gasteiger charge is 2.29. The van der Waals surface area contributed by atoms with Crippen molar-refractivity contribution in [3.05, 3.63) is 83.4 Å². The highest BCUT2D eigenvalue weighted by Crippen LogP contribution is 2.46. The van der Waals surface area contributed by atoms with Gasteiger partial charge < -0.3 is 10.5 Å². The number of carbonyl (C=O) groups excluding carboxylic acids is 1. The van der Waals surface area contributed by atoms with Gasteiger partial charge in [-0.15, -0.1) is 0 Å². The fraction of sp³-hybridized carbons (Fsp3) is 0.0833. The van der Waals surface area contributed by atoms with Gasteiger partial charge in [-0.2, -0.15) is 0 Å². The topological polar surface area (TPSA) is 68.4 Å². The number of urea groups is 1. The van der Waals surface area contributed by atoms with E-state index in [0.717, 1.165) is 17.0 Å². The lowest BCUT2D eigenvalue weighted by atomic mass is 9.98. The van der Waals surface area contributed by atoms with Crippen LogP contribution in [0.3, 0.4) is 0 Å². The highest BCUT2D eigenvalue weighted by molar-refractivity contribution is 6.31.